The maximum absolute atomic E-state index is 5.36. The summed E-state index contributed by atoms with van der Waals surface area (Å²) in [6.45, 7) is 8.30. The third kappa shape index (κ3) is 2.94. The van der Waals surface area contributed by atoms with Crippen molar-refractivity contribution in [3.05, 3.63) is 22.9 Å². The molecule has 18 heavy (non-hydrogen) atoms. The summed E-state index contributed by atoms with van der Waals surface area (Å²) in [5.41, 5.74) is 4.56. The fourth-order valence-electron chi connectivity index (χ4n) is 2.90. The van der Waals surface area contributed by atoms with E-state index in [0.29, 0.717) is 0 Å². The van der Waals surface area contributed by atoms with Crippen LogP contribution in [0, 0.1) is 0 Å². The molecule has 0 aromatic heterocycles. The molecular weight excluding hydrogens is 226 g/mol. The van der Waals surface area contributed by atoms with E-state index in [2.05, 4.69) is 21.6 Å². The Morgan fingerprint density at radius 3 is 3.00 bits per heavy atom. The molecule has 0 saturated carbocycles. The highest BCUT2D eigenvalue weighted by molar-refractivity contribution is 5.37. The van der Waals surface area contributed by atoms with Crippen LogP contribution >= 0.6 is 0 Å². The zero-order valence-electron chi connectivity index (χ0n) is 11.0. The molecule has 4 heteroatoms. The van der Waals surface area contributed by atoms with Gasteiger partial charge >= 0.3 is 0 Å². The number of allylic oxidation sites excluding steroid dienone is 1. The standard InChI is InChI=1S/C14H23N3O/c1-2-14(9-13-11-15-10-12(1)13)16-3-4-17-5-7-18-8-6-17/h9,15-16H,1-8,10-11H2. The minimum absolute atomic E-state index is 0.893. The monoisotopic (exact) mass is 249 g/mol. The maximum atomic E-state index is 5.36. The van der Waals surface area contributed by atoms with Gasteiger partial charge in [0.1, 0.15) is 0 Å². The zero-order valence-corrected chi connectivity index (χ0v) is 11.0. The highest BCUT2D eigenvalue weighted by atomic mass is 16.5. The van der Waals surface area contributed by atoms with Crippen LogP contribution in [-0.2, 0) is 4.74 Å². The van der Waals surface area contributed by atoms with Crippen molar-refractivity contribution in [2.75, 3.05) is 52.5 Å². The first-order valence-electron chi connectivity index (χ1n) is 7.08. The summed E-state index contributed by atoms with van der Waals surface area (Å²) in [6.07, 6.45) is 4.78. The average molecular weight is 249 g/mol. The lowest BCUT2D eigenvalue weighted by atomic mass is 9.98. The van der Waals surface area contributed by atoms with E-state index in [1.54, 1.807) is 5.57 Å². The van der Waals surface area contributed by atoms with Crippen LogP contribution in [0.3, 0.4) is 0 Å². The van der Waals surface area contributed by atoms with E-state index in [0.717, 1.165) is 52.5 Å². The molecule has 2 aliphatic heterocycles. The topological polar surface area (TPSA) is 36.5 Å². The average Bonchev–Trinajstić information content (AvgIpc) is 2.87. The van der Waals surface area contributed by atoms with Crippen LogP contribution in [-0.4, -0.2) is 57.4 Å². The van der Waals surface area contributed by atoms with E-state index >= 15 is 0 Å². The van der Waals surface area contributed by atoms with Crippen LogP contribution in [0.4, 0.5) is 0 Å². The van der Waals surface area contributed by atoms with Crippen molar-refractivity contribution in [2.24, 2.45) is 0 Å². The Morgan fingerprint density at radius 2 is 2.11 bits per heavy atom. The second-order valence-corrected chi connectivity index (χ2v) is 5.28. The molecule has 3 rings (SSSR count). The fraction of sp³-hybridized carbons (Fsp3) is 0.714. The number of nitrogens with one attached hydrogen (secondary N) is 2. The summed E-state index contributed by atoms with van der Waals surface area (Å²) >= 11 is 0. The van der Waals surface area contributed by atoms with E-state index in [-0.39, 0.29) is 0 Å². The van der Waals surface area contributed by atoms with Crippen molar-refractivity contribution in [1.82, 2.24) is 15.5 Å². The molecule has 0 amide bonds. The van der Waals surface area contributed by atoms with E-state index in [9.17, 15) is 0 Å². The van der Waals surface area contributed by atoms with Crippen LogP contribution in [0.15, 0.2) is 22.9 Å². The molecule has 0 unspecified atom stereocenters. The first-order chi connectivity index (χ1) is 8.92. The molecule has 1 aliphatic carbocycles. The third-order valence-electron chi connectivity index (χ3n) is 4.04. The molecular formula is C14H23N3O. The van der Waals surface area contributed by atoms with Crippen LogP contribution in [0.5, 0.6) is 0 Å². The van der Waals surface area contributed by atoms with Crippen molar-refractivity contribution < 1.29 is 4.74 Å². The summed E-state index contributed by atoms with van der Waals surface area (Å²) in [4.78, 5) is 2.47. The summed E-state index contributed by atoms with van der Waals surface area (Å²) in [6, 6.07) is 0. The lowest BCUT2D eigenvalue weighted by Crippen LogP contribution is -2.40. The molecule has 0 atom stereocenters. The number of rotatable bonds is 4. The first-order valence-corrected chi connectivity index (χ1v) is 7.08. The molecule has 2 N–H and O–H groups in total. The Hall–Kier alpha value is -0.840. The van der Waals surface area contributed by atoms with Crippen LogP contribution in [0.2, 0.25) is 0 Å². The van der Waals surface area contributed by atoms with E-state index in [1.807, 2.05) is 0 Å². The SMILES string of the molecule is C1=C(NCCN2CCOCC2)CCC2=C1CNC2. The number of ether oxygens (including phenoxy) is 1. The summed E-state index contributed by atoms with van der Waals surface area (Å²) in [5.74, 6) is 0. The molecule has 100 valence electrons. The summed E-state index contributed by atoms with van der Waals surface area (Å²) < 4.78 is 5.36. The van der Waals surface area contributed by atoms with Gasteiger partial charge in [0.15, 0.2) is 0 Å². The molecule has 0 aromatic rings. The second kappa shape index (κ2) is 5.87. The normalized spacial score (nSPS) is 25.0. The summed E-state index contributed by atoms with van der Waals surface area (Å²) in [7, 11) is 0. The van der Waals surface area contributed by atoms with E-state index < -0.39 is 0 Å². The van der Waals surface area contributed by atoms with E-state index in [1.165, 1.54) is 24.1 Å². The minimum atomic E-state index is 0.893. The first kappa shape index (κ1) is 12.2. The Bertz CT molecular complexity index is 356. The van der Waals surface area contributed by atoms with Gasteiger partial charge in [-0.05, 0) is 24.5 Å². The van der Waals surface area contributed by atoms with Crippen LogP contribution < -0.4 is 10.6 Å². The molecule has 3 aliphatic rings. The number of nitrogens with zero attached hydrogens (tertiary/aromatic N) is 1. The highest BCUT2D eigenvalue weighted by Gasteiger charge is 2.17. The Labute approximate surface area is 109 Å². The molecule has 1 fully saturated rings. The number of hydrogen-bond acceptors (Lipinski definition) is 4. The lowest BCUT2D eigenvalue weighted by molar-refractivity contribution is 0.0387. The van der Waals surface area contributed by atoms with Gasteiger partial charge < -0.3 is 15.4 Å². The van der Waals surface area contributed by atoms with Gasteiger partial charge in [-0.15, -0.1) is 0 Å². The van der Waals surface area contributed by atoms with Gasteiger partial charge in [0.2, 0.25) is 0 Å². The van der Waals surface area contributed by atoms with Crippen LogP contribution in [0.25, 0.3) is 0 Å². The Balaban J connectivity index is 1.43. The molecule has 0 bridgehead atoms. The number of hydrogen-bond donors (Lipinski definition) is 2. The van der Waals surface area contributed by atoms with Gasteiger partial charge in [-0.2, -0.15) is 0 Å². The highest BCUT2D eigenvalue weighted by Crippen LogP contribution is 2.24. The smallest absolute Gasteiger partial charge is 0.0594 e. The molecule has 4 nitrogen and oxygen atoms in total. The predicted octanol–water partition coefficient (Wildman–Crippen LogP) is 0.486. The Morgan fingerprint density at radius 1 is 1.22 bits per heavy atom. The van der Waals surface area contributed by atoms with Crippen molar-refractivity contribution in [2.45, 2.75) is 12.8 Å². The lowest BCUT2D eigenvalue weighted by Gasteiger charge is -2.27. The van der Waals surface area contributed by atoms with Crippen molar-refractivity contribution in [3.8, 4) is 0 Å². The van der Waals surface area contributed by atoms with Gasteiger partial charge in [0.05, 0.1) is 13.2 Å². The molecule has 0 spiro atoms. The van der Waals surface area contributed by atoms with Gasteiger partial charge in [0, 0.05) is 45.0 Å². The van der Waals surface area contributed by atoms with Gasteiger partial charge in [-0.3, -0.25) is 4.90 Å². The van der Waals surface area contributed by atoms with Crippen molar-refractivity contribution in [3.63, 3.8) is 0 Å². The maximum Gasteiger partial charge on any atom is 0.0594 e. The fourth-order valence-corrected chi connectivity index (χ4v) is 2.90. The minimum Gasteiger partial charge on any atom is -0.387 e. The molecule has 0 radical (unpaired) electrons. The van der Waals surface area contributed by atoms with Gasteiger partial charge in [-0.25, -0.2) is 0 Å². The van der Waals surface area contributed by atoms with Gasteiger partial charge in [-0.1, -0.05) is 5.57 Å². The van der Waals surface area contributed by atoms with Crippen molar-refractivity contribution in [1.29, 1.82) is 0 Å². The Kier molecular flexibility index (Phi) is 3.98. The van der Waals surface area contributed by atoms with Gasteiger partial charge in [0.25, 0.3) is 0 Å². The molecule has 0 aromatic carbocycles. The zero-order chi connectivity index (χ0) is 12.2. The third-order valence-corrected chi connectivity index (χ3v) is 4.04. The van der Waals surface area contributed by atoms with Crippen molar-refractivity contribution >= 4 is 0 Å². The quantitative estimate of drug-likeness (QED) is 0.760. The second-order valence-electron chi connectivity index (χ2n) is 5.28. The molecule has 1 saturated heterocycles. The largest absolute Gasteiger partial charge is 0.387 e. The van der Waals surface area contributed by atoms with Crippen LogP contribution in [0.1, 0.15) is 12.8 Å². The predicted molar refractivity (Wildman–Crippen MR) is 72.5 cm³/mol. The van der Waals surface area contributed by atoms with E-state index in [4.69, 9.17) is 4.74 Å². The molecule has 2 heterocycles. The summed E-state index contributed by atoms with van der Waals surface area (Å²) in [5, 5.41) is 7.02. The number of morpholine rings is 1.